The maximum absolute atomic E-state index is 13.6. The molecule has 2 fully saturated rings. The quantitative estimate of drug-likeness (QED) is 0.862. The van der Waals surface area contributed by atoms with Gasteiger partial charge in [0.2, 0.25) is 0 Å². The van der Waals surface area contributed by atoms with Gasteiger partial charge in [-0.05, 0) is 43.4 Å². The van der Waals surface area contributed by atoms with Gasteiger partial charge in [0.15, 0.2) is 0 Å². The molecule has 2 heterocycles. The first-order valence-electron chi connectivity index (χ1n) is 6.92. The summed E-state index contributed by atoms with van der Waals surface area (Å²) in [6.45, 7) is 0. The minimum absolute atomic E-state index is 0.340. The van der Waals surface area contributed by atoms with Crippen LogP contribution < -0.4 is 10.1 Å². The lowest BCUT2D eigenvalue weighted by Crippen LogP contribution is -2.54. The number of halogens is 1. The average Bonchev–Trinajstić information content (AvgIpc) is 2.37. The number of aliphatic hydroxyl groups is 1. The minimum atomic E-state index is -0.934. The maximum Gasteiger partial charge on any atom is 0.127 e. The summed E-state index contributed by atoms with van der Waals surface area (Å²) in [5.74, 6) is 0.110. The molecule has 104 valence electrons. The van der Waals surface area contributed by atoms with E-state index >= 15 is 0 Å². The Labute approximate surface area is 112 Å². The molecule has 0 aliphatic carbocycles. The Morgan fingerprint density at radius 3 is 2.58 bits per heavy atom. The summed E-state index contributed by atoms with van der Waals surface area (Å²) in [5.41, 5.74) is -0.293. The van der Waals surface area contributed by atoms with E-state index in [1.54, 1.807) is 6.07 Å². The smallest absolute Gasteiger partial charge is 0.127 e. The summed E-state index contributed by atoms with van der Waals surface area (Å²) in [6, 6.07) is 5.21. The van der Waals surface area contributed by atoms with Crippen LogP contribution in [0.3, 0.4) is 0 Å². The van der Waals surface area contributed by atoms with Crippen molar-refractivity contribution in [2.24, 2.45) is 0 Å². The summed E-state index contributed by atoms with van der Waals surface area (Å²) >= 11 is 0. The molecule has 2 bridgehead atoms. The molecule has 2 saturated heterocycles. The van der Waals surface area contributed by atoms with Crippen molar-refractivity contribution >= 4 is 0 Å². The molecule has 1 aromatic carbocycles. The number of methoxy groups -OCH3 is 1. The third-order valence-corrected chi connectivity index (χ3v) is 4.39. The number of rotatable bonds is 2. The fourth-order valence-corrected chi connectivity index (χ4v) is 3.52. The lowest BCUT2D eigenvalue weighted by atomic mass is 9.74. The van der Waals surface area contributed by atoms with Crippen LogP contribution in [0.4, 0.5) is 4.39 Å². The predicted molar refractivity (Wildman–Crippen MR) is 70.6 cm³/mol. The maximum atomic E-state index is 13.6. The second-order valence-electron chi connectivity index (χ2n) is 5.81. The van der Waals surface area contributed by atoms with E-state index in [1.165, 1.54) is 25.7 Å². The van der Waals surface area contributed by atoms with E-state index in [0.717, 1.165) is 12.8 Å². The monoisotopic (exact) mass is 265 g/mol. The second-order valence-corrected chi connectivity index (χ2v) is 5.81. The number of nitrogens with one attached hydrogen (secondary N) is 1. The Kier molecular flexibility index (Phi) is 3.23. The van der Waals surface area contributed by atoms with Gasteiger partial charge in [0.25, 0.3) is 0 Å². The van der Waals surface area contributed by atoms with Crippen LogP contribution in [-0.4, -0.2) is 24.3 Å². The van der Waals surface area contributed by atoms with E-state index in [2.05, 4.69) is 5.32 Å². The van der Waals surface area contributed by atoms with E-state index in [4.69, 9.17) is 4.74 Å². The SMILES string of the molecule is COc1cc(F)cc(C2(O)CC3CCCC(C2)N3)c1. The van der Waals surface area contributed by atoms with Crippen LogP contribution in [0.25, 0.3) is 0 Å². The van der Waals surface area contributed by atoms with Crippen LogP contribution in [0.2, 0.25) is 0 Å². The Hall–Kier alpha value is -1.13. The molecule has 2 aliphatic rings. The zero-order valence-corrected chi connectivity index (χ0v) is 11.2. The topological polar surface area (TPSA) is 41.5 Å². The van der Waals surface area contributed by atoms with E-state index in [0.29, 0.717) is 36.2 Å². The Balaban J connectivity index is 1.93. The third kappa shape index (κ3) is 2.47. The molecule has 2 atom stereocenters. The van der Waals surface area contributed by atoms with E-state index < -0.39 is 5.60 Å². The molecule has 3 nitrogen and oxygen atoms in total. The number of hydrogen-bond donors (Lipinski definition) is 2. The van der Waals surface area contributed by atoms with Crippen molar-refractivity contribution < 1.29 is 14.2 Å². The molecular weight excluding hydrogens is 245 g/mol. The predicted octanol–water partition coefficient (Wildman–Crippen LogP) is 2.33. The molecule has 0 aromatic heterocycles. The van der Waals surface area contributed by atoms with Gasteiger partial charge in [-0.15, -0.1) is 0 Å². The zero-order chi connectivity index (χ0) is 13.5. The summed E-state index contributed by atoms with van der Waals surface area (Å²) < 4.78 is 18.7. The number of fused-ring (bicyclic) bond motifs is 2. The average molecular weight is 265 g/mol. The highest BCUT2D eigenvalue weighted by Gasteiger charge is 2.42. The van der Waals surface area contributed by atoms with Gasteiger partial charge in [0.05, 0.1) is 12.7 Å². The van der Waals surface area contributed by atoms with Crippen molar-refractivity contribution in [1.82, 2.24) is 5.32 Å². The van der Waals surface area contributed by atoms with Crippen LogP contribution in [-0.2, 0) is 5.60 Å². The fraction of sp³-hybridized carbons (Fsp3) is 0.600. The summed E-state index contributed by atoms with van der Waals surface area (Å²) in [6.07, 6.45) is 4.69. The number of ether oxygens (including phenoxy) is 1. The molecule has 0 radical (unpaired) electrons. The van der Waals surface area contributed by atoms with E-state index in [1.807, 2.05) is 0 Å². The van der Waals surface area contributed by atoms with Crippen LogP contribution in [0.1, 0.15) is 37.7 Å². The zero-order valence-electron chi connectivity index (χ0n) is 11.2. The lowest BCUT2D eigenvalue weighted by Gasteiger charge is -2.45. The van der Waals surface area contributed by atoms with Crippen molar-refractivity contribution in [3.05, 3.63) is 29.6 Å². The summed E-state index contributed by atoms with van der Waals surface area (Å²) in [7, 11) is 1.51. The van der Waals surface area contributed by atoms with Gasteiger partial charge in [0.1, 0.15) is 11.6 Å². The van der Waals surface area contributed by atoms with Crippen LogP contribution >= 0.6 is 0 Å². The van der Waals surface area contributed by atoms with Gasteiger partial charge < -0.3 is 15.2 Å². The molecule has 19 heavy (non-hydrogen) atoms. The van der Waals surface area contributed by atoms with Gasteiger partial charge in [-0.3, -0.25) is 0 Å². The van der Waals surface area contributed by atoms with Crippen molar-refractivity contribution in [3.63, 3.8) is 0 Å². The number of hydrogen-bond acceptors (Lipinski definition) is 3. The van der Waals surface area contributed by atoms with Gasteiger partial charge in [-0.1, -0.05) is 6.42 Å². The first-order valence-corrected chi connectivity index (χ1v) is 6.92. The molecule has 0 amide bonds. The molecular formula is C15H20FNO2. The van der Waals surface area contributed by atoms with Crippen molar-refractivity contribution in [2.75, 3.05) is 7.11 Å². The van der Waals surface area contributed by atoms with Gasteiger partial charge in [-0.25, -0.2) is 4.39 Å². The molecule has 2 N–H and O–H groups in total. The highest BCUT2D eigenvalue weighted by molar-refractivity contribution is 5.34. The summed E-state index contributed by atoms with van der Waals surface area (Å²) in [5, 5.41) is 14.5. The van der Waals surface area contributed by atoms with Crippen LogP contribution in [0.15, 0.2) is 18.2 Å². The minimum Gasteiger partial charge on any atom is -0.497 e. The van der Waals surface area contributed by atoms with E-state index in [9.17, 15) is 9.50 Å². The molecule has 0 saturated carbocycles. The Bertz CT molecular complexity index is 465. The molecule has 4 heteroatoms. The van der Waals surface area contributed by atoms with Gasteiger partial charge in [0, 0.05) is 18.2 Å². The first kappa shape index (κ1) is 12.9. The molecule has 3 rings (SSSR count). The van der Waals surface area contributed by atoms with Crippen molar-refractivity contribution in [2.45, 2.75) is 49.8 Å². The largest absolute Gasteiger partial charge is 0.497 e. The molecule has 2 unspecified atom stereocenters. The standard InChI is InChI=1S/C15H20FNO2/c1-19-14-6-10(5-11(16)7-14)15(18)8-12-3-2-4-13(9-15)17-12/h5-7,12-13,17-18H,2-4,8-9H2,1H3. The van der Waals surface area contributed by atoms with Crippen molar-refractivity contribution in [3.8, 4) is 5.75 Å². The molecule has 2 aliphatic heterocycles. The molecule has 1 aromatic rings. The highest BCUT2D eigenvalue weighted by Crippen LogP contribution is 2.40. The van der Waals surface area contributed by atoms with Crippen molar-refractivity contribution in [1.29, 1.82) is 0 Å². The number of piperidine rings is 2. The molecule has 0 spiro atoms. The third-order valence-electron chi connectivity index (χ3n) is 4.39. The number of benzene rings is 1. The lowest BCUT2D eigenvalue weighted by molar-refractivity contribution is -0.0362. The fourth-order valence-electron chi connectivity index (χ4n) is 3.52. The first-order chi connectivity index (χ1) is 9.09. The second kappa shape index (κ2) is 4.76. The van der Waals surface area contributed by atoms with Gasteiger partial charge >= 0.3 is 0 Å². The normalized spacial score (nSPS) is 34.1. The summed E-state index contributed by atoms with van der Waals surface area (Å²) in [4.78, 5) is 0. The Morgan fingerprint density at radius 2 is 1.95 bits per heavy atom. The Morgan fingerprint density at radius 1 is 1.26 bits per heavy atom. The highest BCUT2D eigenvalue weighted by atomic mass is 19.1. The van der Waals surface area contributed by atoms with Crippen LogP contribution in [0, 0.1) is 5.82 Å². The van der Waals surface area contributed by atoms with Gasteiger partial charge in [-0.2, -0.15) is 0 Å². The van der Waals surface area contributed by atoms with E-state index in [-0.39, 0.29) is 5.82 Å². The van der Waals surface area contributed by atoms with Crippen LogP contribution in [0.5, 0.6) is 5.75 Å².